The summed E-state index contributed by atoms with van der Waals surface area (Å²) in [5.41, 5.74) is 1.10. The number of H-pyrrole nitrogens is 1. The Kier molecular flexibility index (Phi) is 3.45. The maximum absolute atomic E-state index is 13.9. The summed E-state index contributed by atoms with van der Waals surface area (Å²) in [4.78, 5) is 11.2. The highest BCUT2D eigenvalue weighted by Gasteiger charge is 2.12. The fraction of sp³-hybridized carbons (Fsp3) is 0.333. The number of Topliss-reactive ketones (excluding diaryl/α,β-unsaturated/α-hetero) is 1. The van der Waals surface area contributed by atoms with Crippen LogP contribution in [0.25, 0.3) is 11.4 Å². The minimum absolute atomic E-state index is 0.0962. The van der Waals surface area contributed by atoms with Gasteiger partial charge in [-0.1, -0.05) is 13.0 Å². The van der Waals surface area contributed by atoms with Crippen molar-refractivity contribution in [1.29, 1.82) is 0 Å². The Balaban J connectivity index is 2.23. The maximum Gasteiger partial charge on any atom is 0.182 e. The van der Waals surface area contributed by atoms with E-state index in [1.807, 2.05) is 6.92 Å². The van der Waals surface area contributed by atoms with E-state index in [1.165, 1.54) is 13.0 Å². The second-order valence-corrected chi connectivity index (χ2v) is 4.28. The fourth-order valence-electron chi connectivity index (χ4n) is 1.65. The van der Waals surface area contributed by atoms with Crippen molar-refractivity contribution >= 4 is 5.78 Å². The second kappa shape index (κ2) is 5.03. The Bertz CT molecular complexity index is 553. The average molecular weight is 248 g/mol. The molecule has 6 heteroatoms. The third kappa shape index (κ3) is 2.58. The molecule has 94 valence electrons. The van der Waals surface area contributed by atoms with Crippen molar-refractivity contribution in [1.82, 2.24) is 20.6 Å². The molecular weight excluding hydrogens is 235 g/mol. The van der Waals surface area contributed by atoms with Gasteiger partial charge in [0.05, 0.1) is 5.56 Å². The molecule has 1 atom stereocenters. The van der Waals surface area contributed by atoms with Gasteiger partial charge in [0.1, 0.15) is 11.6 Å². The van der Waals surface area contributed by atoms with Crippen LogP contribution < -0.4 is 0 Å². The van der Waals surface area contributed by atoms with Gasteiger partial charge in [0, 0.05) is 5.92 Å². The van der Waals surface area contributed by atoms with Crippen LogP contribution in [0.2, 0.25) is 0 Å². The highest BCUT2D eigenvalue weighted by atomic mass is 19.1. The molecule has 0 bridgehead atoms. The third-order valence-electron chi connectivity index (χ3n) is 2.87. The van der Waals surface area contributed by atoms with E-state index >= 15 is 0 Å². The zero-order chi connectivity index (χ0) is 13.1. The van der Waals surface area contributed by atoms with Crippen molar-refractivity contribution in [3.63, 3.8) is 0 Å². The highest BCUT2D eigenvalue weighted by molar-refractivity contribution is 5.78. The van der Waals surface area contributed by atoms with Crippen molar-refractivity contribution in [3.05, 3.63) is 29.6 Å². The number of aromatic amines is 1. The van der Waals surface area contributed by atoms with Gasteiger partial charge in [0.2, 0.25) is 0 Å². The number of nitrogens with one attached hydrogen (secondary N) is 1. The fourth-order valence-corrected chi connectivity index (χ4v) is 1.65. The molecule has 0 fully saturated rings. The van der Waals surface area contributed by atoms with Gasteiger partial charge in [-0.25, -0.2) is 9.49 Å². The van der Waals surface area contributed by atoms with E-state index in [0.717, 1.165) is 5.56 Å². The summed E-state index contributed by atoms with van der Waals surface area (Å²) >= 11 is 0. The van der Waals surface area contributed by atoms with E-state index in [4.69, 9.17) is 0 Å². The first-order valence-electron chi connectivity index (χ1n) is 5.61. The van der Waals surface area contributed by atoms with Gasteiger partial charge in [-0.05, 0) is 41.5 Å². The molecule has 0 aliphatic heterocycles. The Morgan fingerprint density at radius 2 is 2.28 bits per heavy atom. The lowest BCUT2D eigenvalue weighted by Crippen LogP contribution is -2.09. The summed E-state index contributed by atoms with van der Waals surface area (Å²) in [7, 11) is 0. The SMILES string of the molecule is CC(=O)C(C)Cc1ccc(-c2nnn[nH]2)c(F)c1. The lowest BCUT2D eigenvalue weighted by molar-refractivity contribution is -0.120. The van der Waals surface area contributed by atoms with Crippen LogP contribution in [0.1, 0.15) is 19.4 Å². The van der Waals surface area contributed by atoms with Crippen molar-refractivity contribution in [2.45, 2.75) is 20.3 Å². The molecular formula is C12H13FN4O. The number of hydrogen-bond acceptors (Lipinski definition) is 4. The number of ketones is 1. The van der Waals surface area contributed by atoms with E-state index in [0.29, 0.717) is 17.8 Å². The topological polar surface area (TPSA) is 71.5 Å². The number of carbonyl (C=O) groups is 1. The van der Waals surface area contributed by atoms with Crippen molar-refractivity contribution in [2.75, 3.05) is 0 Å². The molecule has 5 nitrogen and oxygen atoms in total. The molecule has 0 saturated carbocycles. The highest BCUT2D eigenvalue weighted by Crippen LogP contribution is 2.20. The second-order valence-electron chi connectivity index (χ2n) is 4.28. The van der Waals surface area contributed by atoms with Gasteiger partial charge in [0.25, 0.3) is 0 Å². The Morgan fingerprint density at radius 3 is 2.83 bits per heavy atom. The van der Waals surface area contributed by atoms with Crippen LogP contribution >= 0.6 is 0 Å². The standard InChI is InChI=1S/C12H13FN4O/c1-7(8(2)18)5-9-3-4-10(11(13)6-9)12-14-16-17-15-12/h3-4,6-7H,5H2,1-2H3,(H,14,15,16,17). The molecule has 0 spiro atoms. The zero-order valence-electron chi connectivity index (χ0n) is 10.1. The van der Waals surface area contributed by atoms with Gasteiger partial charge in [0.15, 0.2) is 5.82 Å². The molecule has 0 aliphatic carbocycles. The summed E-state index contributed by atoms with van der Waals surface area (Å²) in [5, 5.41) is 13.0. The van der Waals surface area contributed by atoms with Gasteiger partial charge in [-0.15, -0.1) is 5.10 Å². The predicted molar refractivity (Wildman–Crippen MR) is 63.1 cm³/mol. The van der Waals surface area contributed by atoms with Crippen molar-refractivity contribution < 1.29 is 9.18 Å². The minimum atomic E-state index is -0.401. The van der Waals surface area contributed by atoms with Crippen LogP contribution in [0.5, 0.6) is 0 Å². The van der Waals surface area contributed by atoms with Crippen LogP contribution in [0, 0.1) is 11.7 Å². The Hall–Kier alpha value is -2.11. The first kappa shape index (κ1) is 12.3. The molecule has 18 heavy (non-hydrogen) atoms. The predicted octanol–water partition coefficient (Wildman–Crippen LogP) is 1.77. The molecule has 1 heterocycles. The monoisotopic (exact) mass is 248 g/mol. The summed E-state index contributed by atoms with van der Waals surface area (Å²) in [6.07, 6.45) is 0.529. The molecule has 2 rings (SSSR count). The normalized spacial score (nSPS) is 12.4. The van der Waals surface area contributed by atoms with Crippen molar-refractivity contribution in [2.24, 2.45) is 5.92 Å². The first-order chi connectivity index (χ1) is 8.58. The van der Waals surface area contributed by atoms with Crippen LogP contribution in [0.4, 0.5) is 4.39 Å². The van der Waals surface area contributed by atoms with Crippen molar-refractivity contribution in [3.8, 4) is 11.4 Å². The molecule has 2 aromatic rings. The van der Waals surface area contributed by atoms with Gasteiger partial charge in [-0.2, -0.15) is 0 Å². The summed E-state index contributed by atoms with van der Waals surface area (Å²) in [5.74, 6) is -0.124. The lowest BCUT2D eigenvalue weighted by Gasteiger charge is -2.08. The number of carbonyl (C=O) groups excluding carboxylic acids is 1. The zero-order valence-corrected chi connectivity index (χ0v) is 10.1. The number of halogens is 1. The number of rotatable bonds is 4. The lowest BCUT2D eigenvalue weighted by atomic mass is 9.97. The maximum atomic E-state index is 13.9. The van der Waals surface area contributed by atoms with E-state index < -0.39 is 5.82 Å². The van der Waals surface area contributed by atoms with Gasteiger partial charge in [-0.3, -0.25) is 4.79 Å². The first-order valence-corrected chi connectivity index (χ1v) is 5.61. The summed E-state index contributed by atoms with van der Waals surface area (Å²) in [6, 6.07) is 4.80. The van der Waals surface area contributed by atoms with Crippen LogP contribution in [-0.4, -0.2) is 26.4 Å². The van der Waals surface area contributed by atoms with Gasteiger partial charge >= 0.3 is 0 Å². The van der Waals surface area contributed by atoms with Crippen LogP contribution in [0.15, 0.2) is 18.2 Å². The number of benzene rings is 1. The Morgan fingerprint density at radius 1 is 1.50 bits per heavy atom. The van der Waals surface area contributed by atoms with E-state index in [1.54, 1.807) is 12.1 Å². The summed E-state index contributed by atoms with van der Waals surface area (Å²) < 4.78 is 13.9. The largest absolute Gasteiger partial charge is 0.300 e. The third-order valence-corrected chi connectivity index (χ3v) is 2.87. The van der Waals surface area contributed by atoms with E-state index in [2.05, 4.69) is 20.6 Å². The number of aromatic nitrogens is 4. The molecule has 0 amide bonds. The molecule has 1 unspecified atom stereocenters. The minimum Gasteiger partial charge on any atom is -0.300 e. The van der Waals surface area contributed by atoms with E-state index in [-0.39, 0.29) is 11.7 Å². The van der Waals surface area contributed by atoms with E-state index in [9.17, 15) is 9.18 Å². The summed E-state index contributed by atoms with van der Waals surface area (Å²) in [6.45, 7) is 3.37. The quantitative estimate of drug-likeness (QED) is 0.895. The molecule has 1 aromatic heterocycles. The van der Waals surface area contributed by atoms with Crippen LogP contribution in [0.3, 0.4) is 0 Å². The smallest absolute Gasteiger partial charge is 0.182 e. The molecule has 0 radical (unpaired) electrons. The Labute approximate surface area is 103 Å². The van der Waals surface area contributed by atoms with Crippen LogP contribution in [-0.2, 0) is 11.2 Å². The van der Waals surface area contributed by atoms with Gasteiger partial charge < -0.3 is 0 Å². The number of tetrazole rings is 1. The average Bonchev–Trinajstić information content (AvgIpc) is 2.82. The molecule has 0 aliphatic rings. The number of nitrogens with zero attached hydrogens (tertiary/aromatic N) is 3. The molecule has 1 aromatic carbocycles. The molecule has 1 N–H and O–H groups in total. The number of hydrogen-bond donors (Lipinski definition) is 1. The molecule has 0 saturated heterocycles.